The van der Waals surface area contributed by atoms with Gasteiger partial charge in [-0.1, -0.05) is 53.5 Å². The summed E-state index contributed by atoms with van der Waals surface area (Å²) in [6.07, 6.45) is 0.670. The van der Waals surface area contributed by atoms with Crippen LogP contribution in [0.15, 0.2) is 65.8 Å². The molecule has 2 atom stereocenters. The number of halogens is 3. The molecule has 0 aromatic heterocycles. The van der Waals surface area contributed by atoms with Crippen LogP contribution in [0.1, 0.15) is 25.0 Å². The second-order valence-electron chi connectivity index (χ2n) is 8.84. The fourth-order valence-electron chi connectivity index (χ4n) is 3.62. The Morgan fingerprint density at radius 1 is 1.02 bits per heavy atom. The molecule has 4 N–H and O–H groups in total. The third-order valence-electron chi connectivity index (χ3n) is 5.56. The molecule has 3 rings (SSSR count). The molecule has 0 radical (unpaired) electrons. The van der Waals surface area contributed by atoms with E-state index < -0.39 is 29.9 Å². The van der Waals surface area contributed by atoms with Crippen LogP contribution >= 0.6 is 45.8 Å². The van der Waals surface area contributed by atoms with Gasteiger partial charge < -0.3 is 25.3 Å². The Morgan fingerprint density at radius 3 is 2.43 bits per heavy atom. The molecule has 0 unspecified atom stereocenters. The number of ether oxygens (including phenoxy) is 3. The van der Waals surface area contributed by atoms with E-state index in [1.807, 2.05) is 59.8 Å². The molecule has 3 aromatic rings. The van der Waals surface area contributed by atoms with E-state index in [1.165, 1.54) is 12.3 Å². The van der Waals surface area contributed by atoms with Crippen LogP contribution in [0.25, 0.3) is 0 Å². The van der Waals surface area contributed by atoms with E-state index in [9.17, 15) is 14.4 Å². The smallest absolute Gasteiger partial charge is 0.262 e. The van der Waals surface area contributed by atoms with Gasteiger partial charge >= 0.3 is 0 Å². The van der Waals surface area contributed by atoms with Crippen molar-refractivity contribution in [3.63, 3.8) is 0 Å². The fraction of sp³-hybridized carbons (Fsp3) is 0.241. The van der Waals surface area contributed by atoms with Crippen molar-refractivity contribution in [3.8, 4) is 17.2 Å². The van der Waals surface area contributed by atoms with Gasteiger partial charge in [-0.25, -0.2) is 5.43 Å². The minimum Gasteiger partial charge on any atom is -0.490 e. The van der Waals surface area contributed by atoms with Gasteiger partial charge in [0.1, 0.15) is 11.8 Å². The van der Waals surface area contributed by atoms with Crippen LogP contribution in [-0.4, -0.2) is 49.3 Å². The van der Waals surface area contributed by atoms with Gasteiger partial charge in [-0.3, -0.25) is 14.4 Å². The predicted molar refractivity (Wildman–Crippen MR) is 169 cm³/mol. The first-order valence-electron chi connectivity index (χ1n) is 12.7. The Labute approximate surface area is 267 Å². The largest absolute Gasteiger partial charge is 0.490 e. The minimum absolute atomic E-state index is 0.209. The van der Waals surface area contributed by atoms with Crippen LogP contribution in [0, 0.1) is 3.57 Å². The Hall–Kier alpha value is -3.55. The SMILES string of the molecule is CCOc1cc(/C=N\NC(=O)[C@H](Cc2ccccc2)NC(=O)[C@H](C)Oc2ccc(Cl)cc2Cl)cc(I)c1OCC(N)=O. The molecule has 10 nitrogen and oxygen atoms in total. The van der Waals surface area contributed by atoms with Gasteiger partial charge in [0.2, 0.25) is 0 Å². The zero-order valence-corrected chi connectivity index (χ0v) is 26.4. The van der Waals surface area contributed by atoms with Crippen molar-refractivity contribution in [2.24, 2.45) is 10.8 Å². The highest BCUT2D eigenvalue weighted by Crippen LogP contribution is 2.34. The summed E-state index contributed by atoms with van der Waals surface area (Å²) in [5.74, 6) is -0.635. The van der Waals surface area contributed by atoms with Crippen LogP contribution < -0.4 is 30.7 Å². The average Bonchev–Trinajstić information content (AvgIpc) is 2.94. The van der Waals surface area contributed by atoms with Gasteiger partial charge in [-0.15, -0.1) is 0 Å². The molecule has 0 fully saturated rings. The standard InChI is InChI=1S/C29H29Cl2IN4O6/c1-3-40-25-13-19(11-22(32)27(25)41-16-26(33)37)15-34-36-29(39)23(12-18-7-5-4-6-8-18)35-28(38)17(2)42-24-10-9-20(30)14-21(24)31/h4-11,13-15,17,23H,3,12,16H2,1-2H3,(H2,33,37)(H,35,38)(H,36,39)/b34-15-/t17-,23-/m0/s1. The van der Waals surface area contributed by atoms with Gasteiger partial charge in [0.05, 0.1) is 21.4 Å². The lowest BCUT2D eigenvalue weighted by Gasteiger charge is -2.21. The molecule has 3 aromatic carbocycles. The lowest BCUT2D eigenvalue weighted by molar-refractivity contribution is -0.132. The highest BCUT2D eigenvalue weighted by Gasteiger charge is 2.25. The Bertz CT molecular complexity index is 1440. The fourth-order valence-corrected chi connectivity index (χ4v) is 4.85. The third-order valence-corrected chi connectivity index (χ3v) is 6.89. The number of rotatable bonds is 14. The second kappa shape index (κ2) is 16.2. The summed E-state index contributed by atoms with van der Waals surface area (Å²) in [5.41, 5.74) is 9.11. The zero-order valence-electron chi connectivity index (χ0n) is 22.7. The van der Waals surface area contributed by atoms with E-state index in [0.29, 0.717) is 32.3 Å². The first-order valence-corrected chi connectivity index (χ1v) is 14.6. The molecule has 0 saturated heterocycles. The molecule has 42 heavy (non-hydrogen) atoms. The number of benzene rings is 3. The van der Waals surface area contributed by atoms with Crippen molar-refractivity contribution < 1.29 is 28.6 Å². The van der Waals surface area contributed by atoms with E-state index in [2.05, 4.69) is 15.8 Å². The topological polar surface area (TPSA) is 141 Å². The van der Waals surface area contributed by atoms with Gasteiger partial charge in [0.25, 0.3) is 17.7 Å². The minimum atomic E-state index is -0.965. The molecule has 0 saturated carbocycles. The number of amides is 3. The van der Waals surface area contributed by atoms with Crippen molar-refractivity contribution in [3.05, 3.63) is 85.4 Å². The number of nitrogens with one attached hydrogen (secondary N) is 2. The summed E-state index contributed by atoms with van der Waals surface area (Å²) >= 11 is 14.1. The molecular formula is C29H29Cl2IN4O6. The summed E-state index contributed by atoms with van der Waals surface area (Å²) in [6.45, 7) is 3.41. The van der Waals surface area contributed by atoms with Gasteiger partial charge in [0, 0.05) is 11.4 Å². The average molecular weight is 727 g/mol. The number of primary amides is 1. The van der Waals surface area contributed by atoms with Crippen molar-refractivity contribution in [2.45, 2.75) is 32.4 Å². The predicted octanol–water partition coefficient (Wildman–Crippen LogP) is 4.51. The summed E-state index contributed by atoms with van der Waals surface area (Å²) in [4.78, 5) is 37.3. The van der Waals surface area contributed by atoms with Gasteiger partial charge in [-0.2, -0.15) is 5.10 Å². The van der Waals surface area contributed by atoms with Gasteiger partial charge in [-0.05, 0) is 77.9 Å². The maximum atomic E-state index is 13.2. The maximum absolute atomic E-state index is 13.2. The van der Waals surface area contributed by atoms with E-state index in [1.54, 1.807) is 31.2 Å². The van der Waals surface area contributed by atoms with E-state index in [4.69, 9.17) is 43.1 Å². The summed E-state index contributed by atoms with van der Waals surface area (Å²) < 4.78 is 17.5. The number of carbonyl (C=O) groups excluding carboxylic acids is 3. The number of hydrogen-bond acceptors (Lipinski definition) is 7. The Kier molecular flexibility index (Phi) is 12.7. The Morgan fingerprint density at radius 2 is 1.76 bits per heavy atom. The molecule has 3 amide bonds. The molecular weight excluding hydrogens is 698 g/mol. The number of nitrogens with zero attached hydrogens (tertiary/aromatic N) is 1. The Balaban J connectivity index is 1.73. The molecule has 0 spiro atoms. The highest BCUT2D eigenvalue weighted by molar-refractivity contribution is 14.1. The summed E-state index contributed by atoms with van der Waals surface area (Å²) in [7, 11) is 0. The third kappa shape index (κ3) is 10.1. The number of hydrogen-bond donors (Lipinski definition) is 3. The van der Waals surface area contributed by atoms with Crippen LogP contribution in [0.4, 0.5) is 0 Å². The summed E-state index contributed by atoms with van der Waals surface area (Å²) in [5, 5.41) is 7.50. The van der Waals surface area contributed by atoms with E-state index in [0.717, 1.165) is 5.56 Å². The zero-order chi connectivity index (χ0) is 30.6. The number of carbonyl (C=O) groups is 3. The number of hydrazone groups is 1. The molecule has 0 aliphatic rings. The summed E-state index contributed by atoms with van der Waals surface area (Å²) in [6, 6.07) is 16.3. The van der Waals surface area contributed by atoms with Crippen LogP contribution in [0.3, 0.4) is 0 Å². The van der Waals surface area contributed by atoms with Gasteiger partial charge in [0.15, 0.2) is 24.2 Å². The van der Waals surface area contributed by atoms with E-state index >= 15 is 0 Å². The molecule has 222 valence electrons. The quantitative estimate of drug-likeness (QED) is 0.127. The van der Waals surface area contributed by atoms with Crippen molar-refractivity contribution in [1.29, 1.82) is 0 Å². The van der Waals surface area contributed by atoms with Crippen molar-refractivity contribution >= 4 is 69.7 Å². The monoisotopic (exact) mass is 726 g/mol. The van der Waals surface area contributed by atoms with E-state index in [-0.39, 0.29) is 23.8 Å². The molecule has 0 aliphatic heterocycles. The second-order valence-corrected chi connectivity index (χ2v) is 10.8. The van der Waals surface area contributed by atoms with Crippen molar-refractivity contribution in [1.82, 2.24) is 10.7 Å². The lowest BCUT2D eigenvalue weighted by atomic mass is 10.1. The molecule has 0 bridgehead atoms. The first-order chi connectivity index (χ1) is 20.1. The molecule has 13 heteroatoms. The van der Waals surface area contributed by atoms with Crippen molar-refractivity contribution in [2.75, 3.05) is 13.2 Å². The molecule has 0 heterocycles. The maximum Gasteiger partial charge on any atom is 0.262 e. The normalized spacial score (nSPS) is 12.3. The van der Waals surface area contributed by atoms with Crippen LogP contribution in [0.2, 0.25) is 10.0 Å². The number of nitrogens with two attached hydrogens (primary N) is 1. The molecule has 0 aliphatic carbocycles. The lowest BCUT2D eigenvalue weighted by Crippen LogP contribution is -2.50. The van der Waals surface area contributed by atoms with Crippen LogP contribution in [0.5, 0.6) is 17.2 Å². The first kappa shape index (κ1) is 33.0. The van der Waals surface area contributed by atoms with Crippen LogP contribution in [-0.2, 0) is 20.8 Å². The highest BCUT2D eigenvalue weighted by atomic mass is 127.